The fraction of sp³-hybridized carbons (Fsp3) is 0.0145. The van der Waals surface area contributed by atoms with E-state index in [0.717, 1.165) is 39.0 Å². The fourth-order valence-electron chi connectivity index (χ4n) is 11.2. The molecular formula is C69H46N2. The zero-order chi connectivity index (χ0) is 47.1. The second kappa shape index (κ2) is 17.7. The summed E-state index contributed by atoms with van der Waals surface area (Å²) in [6.07, 6.45) is 0. The van der Waals surface area contributed by atoms with Crippen LogP contribution >= 0.6 is 0 Å². The third-order valence-corrected chi connectivity index (χ3v) is 14.4. The van der Waals surface area contributed by atoms with Crippen LogP contribution in [0.1, 0.15) is 22.3 Å². The van der Waals surface area contributed by atoms with Gasteiger partial charge in [0.15, 0.2) is 5.82 Å². The van der Waals surface area contributed by atoms with Crippen LogP contribution in [0, 0.1) is 0 Å². The molecule has 2 heteroatoms. The lowest BCUT2D eigenvalue weighted by Gasteiger charge is -2.34. The zero-order valence-electron chi connectivity index (χ0n) is 39.0. The third kappa shape index (κ3) is 7.28. The summed E-state index contributed by atoms with van der Waals surface area (Å²) < 4.78 is 0. The van der Waals surface area contributed by atoms with E-state index in [9.17, 15) is 0 Å². The van der Waals surface area contributed by atoms with Crippen molar-refractivity contribution in [2.75, 3.05) is 0 Å². The van der Waals surface area contributed by atoms with Crippen molar-refractivity contribution >= 4 is 10.8 Å². The Kier molecular flexibility index (Phi) is 10.4. The average Bonchev–Trinajstić information content (AvgIpc) is 3.77. The average molecular weight is 903 g/mol. The smallest absolute Gasteiger partial charge is 0.160 e. The van der Waals surface area contributed by atoms with Crippen molar-refractivity contribution in [2.45, 2.75) is 5.41 Å². The van der Waals surface area contributed by atoms with Gasteiger partial charge in [-0.1, -0.05) is 261 Å². The highest BCUT2D eigenvalue weighted by Crippen LogP contribution is 2.58. The molecule has 0 amide bonds. The van der Waals surface area contributed by atoms with E-state index in [1.54, 1.807) is 0 Å². The van der Waals surface area contributed by atoms with Gasteiger partial charge in [-0.15, -0.1) is 0 Å². The molecule has 0 bridgehead atoms. The standard InChI is InChI=1S/C69H46N2/c1-5-20-47(21-6-1)48-38-40-49(41-39-48)65-46-66(71-68(70-65)50-22-7-2-8-23-50)61-43-42-57(59-32-13-14-33-60(59)61)53-26-17-24-51(44-53)52-25-18-27-54(45-52)58-35-19-37-64-67(58)62-34-15-16-36-63(62)69(64,55-28-9-3-10-29-55)56-30-11-4-12-31-56/h1-46H. The summed E-state index contributed by atoms with van der Waals surface area (Å²) in [6, 6.07) is 101. The van der Waals surface area contributed by atoms with Crippen molar-refractivity contribution in [3.8, 4) is 89.5 Å². The van der Waals surface area contributed by atoms with Gasteiger partial charge in [-0.05, 0) is 107 Å². The summed E-state index contributed by atoms with van der Waals surface area (Å²) in [5.74, 6) is 0.699. The monoisotopic (exact) mass is 902 g/mol. The van der Waals surface area contributed by atoms with Gasteiger partial charge >= 0.3 is 0 Å². The molecule has 1 aliphatic carbocycles. The molecular weight excluding hydrogens is 857 g/mol. The second-order valence-electron chi connectivity index (χ2n) is 18.4. The van der Waals surface area contributed by atoms with Crippen LogP contribution in [0.15, 0.2) is 279 Å². The van der Waals surface area contributed by atoms with E-state index in [4.69, 9.17) is 9.97 Å². The summed E-state index contributed by atoms with van der Waals surface area (Å²) >= 11 is 0. The molecule has 11 aromatic carbocycles. The van der Waals surface area contributed by atoms with E-state index in [2.05, 4.69) is 261 Å². The highest BCUT2D eigenvalue weighted by molar-refractivity contribution is 6.05. The van der Waals surface area contributed by atoms with Gasteiger partial charge in [-0.3, -0.25) is 0 Å². The van der Waals surface area contributed by atoms with Crippen molar-refractivity contribution in [2.24, 2.45) is 0 Å². The number of benzene rings is 11. The predicted molar refractivity (Wildman–Crippen MR) is 295 cm³/mol. The molecule has 71 heavy (non-hydrogen) atoms. The molecule has 0 spiro atoms. The molecule has 0 unspecified atom stereocenters. The molecule has 2 nitrogen and oxygen atoms in total. The van der Waals surface area contributed by atoms with Gasteiger partial charge in [0.05, 0.1) is 16.8 Å². The van der Waals surface area contributed by atoms with E-state index in [1.165, 1.54) is 77.7 Å². The number of nitrogens with zero attached hydrogens (tertiary/aromatic N) is 2. The zero-order valence-corrected chi connectivity index (χ0v) is 39.0. The van der Waals surface area contributed by atoms with Crippen LogP contribution in [0.3, 0.4) is 0 Å². The van der Waals surface area contributed by atoms with Crippen molar-refractivity contribution in [3.63, 3.8) is 0 Å². The fourth-order valence-corrected chi connectivity index (χ4v) is 11.2. The summed E-state index contributed by atoms with van der Waals surface area (Å²) in [5.41, 5.74) is 21.6. The van der Waals surface area contributed by atoms with Gasteiger partial charge in [0, 0.05) is 16.7 Å². The summed E-state index contributed by atoms with van der Waals surface area (Å²) in [6.45, 7) is 0. The Labute approximate surface area is 414 Å². The number of fused-ring (bicyclic) bond motifs is 4. The van der Waals surface area contributed by atoms with Gasteiger partial charge < -0.3 is 0 Å². The highest BCUT2D eigenvalue weighted by atomic mass is 14.9. The Morgan fingerprint density at radius 3 is 1.34 bits per heavy atom. The summed E-state index contributed by atoms with van der Waals surface area (Å²) in [4.78, 5) is 10.4. The molecule has 0 aliphatic heterocycles. The van der Waals surface area contributed by atoms with E-state index < -0.39 is 5.41 Å². The minimum atomic E-state index is -0.455. The van der Waals surface area contributed by atoms with Gasteiger partial charge in [0.1, 0.15) is 0 Å². The SMILES string of the molecule is c1ccc(-c2ccc(-c3cc(-c4ccc(-c5cccc(-c6cccc(-c7cccc8c7-c7ccccc7C8(c7ccccc7)c7ccccc7)c6)c5)c5ccccc45)nc(-c4ccccc4)n3)cc2)cc1. The van der Waals surface area contributed by atoms with Gasteiger partial charge in [0.2, 0.25) is 0 Å². The molecule has 0 atom stereocenters. The van der Waals surface area contributed by atoms with Crippen LogP contribution in [0.5, 0.6) is 0 Å². The van der Waals surface area contributed by atoms with Gasteiger partial charge in [-0.2, -0.15) is 0 Å². The number of hydrogen-bond acceptors (Lipinski definition) is 2. The van der Waals surface area contributed by atoms with Crippen LogP contribution in [-0.2, 0) is 5.41 Å². The molecule has 1 heterocycles. The number of rotatable bonds is 9. The highest BCUT2D eigenvalue weighted by Gasteiger charge is 2.46. The minimum Gasteiger partial charge on any atom is -0.228 e. The summed E-state index contributed by atoms with van der Waals surface area (Å²) in [5, 5.41) is 2.31. The molecule has 0 saturated carbocycles. The molecule has 13 rings (SSSR count). The quantitative estimate of drug-likeness (QED) is 0.144. The number of hydrogen-bond donors (Lipinski definition) is 0. The van der Waals surface area contributed by atoms with E-state index in [0.29, 0.717) is 5.82 Å². The van der Waals surface area contributed by atoms with E-state index >= 15 is 0 Å². The third-order valence-electron chi connectivity index (χ3n) is 14.4. The second-order valence-corrected chi connectivity index (χ2v) is 18.4. The Hall–Kier alpha value is -9.24. The molecule has 1 aromatic heterocycles. The Morgan fingerprint density at radius 1 is 0.239 bits per heavy atom. The molecule has 1 aliphatic rings. The Bertz CT molecular complexity index is 3860. The normalized spacial score (nSPS) is 12.3. The Morgan fingerprint density at radius 2 is 0.676 bits per heavy atom. The van der Waals surface area contributed by atoms with Crippen LogP contribution in [-0.4, -0.2) is 9.97 Å². The lowest BCUT2D eigenvalue weighted by Crippen LogP contribution is -2.28. The van der Waals surface area contributed by atoms with Gasteiger partial charge in [-0.25, -0.2) is 9.97 Å². The van der Waals surface area contributed by atoms with Crippen molar-refractivity contribution in [1.82, 2.24) is 9.97 Å². The first kappa shape index (κ1) is 41.9. The summed E-state index contributed by atoms with van der Waals surface area (Å²) in [7, 11) is 0. The maximum absolute atomic E-state index is 5.27. The first-order chi connectivity index (χ1) is 35.2. The van der Waals surface area contributed by atoms with Gasteiger partial charge in [0.25, 0.3) is 0 Å². The van der Waals surface area contributed by atoms with Crippen LogP contribution in [0.25, 0.3) is 100 Å². The van der Waals surface area contributed by atoms with Crippen molar-refractivity contribution < 1.29 is 0 Å². The minimum absolute atomic E-state index is 0.455. The topological polar surface area (TPSA) is 25.8 Å². The molecule has 12 aromatic rings. The van der Waals surface area contributed by atoms with Crippen molar-refractivity contribution in [1.29, 1.82) is 0 Å². The lowest BCUT2D eigenvalue weighted by atomic mass is 9.67. The van der Waals surface area contributed by atoms with Crippen LogP contribution in [0.4, 0.5) is 0 Å². The van der Waals surface area contributed by atoms with Crippen molar-refractivity contribution in [3.05, 3.63) is 301 Å². The van der Waals surface area contributed by atoms with Crippen LogP contribution in [0.2, 0.25) is 0 Å². The molecule has 0 N–H and O–H groups in total. The maximum Gasteiger partial charge on any atom is 0.160 e. The van der Waals surface area contributed by atoms with E-state index in [1.807, 2.05) is 18.2 Å². The first-order valence-electron chi connectivity index (χ1n) is 24.4. The molecule has 332 valence electrons. The molecule has 0 saturated heterocycles. The largest absolute Gasteiger partial charge is 0.228 e. The predicted octanol–water partition coefficient (Wildman–Crippen LogP) is 17.7. The molecule has 0 radical (unpaired) electrons. The molecule has 0 fully saturated rings. The number of aromatic nitrogens is 2. The lowest BCUT2D eigenvalue weighted by molar-refractivity contribution is 0.768. The van der Waals surface area contributed by atoms with Crippen LogP contribution < -0.4 is 0 Å². The van der Waals surface area contributed by atoms with E-state index in [-0.39, 0.29) is 0 Å². The Balaban J connectivity index is 0.893. The maximum atomic E-state index is 5.27. The first-order valence-corrected chi connectivity index (χ1v) is 24.4.